The van der Waals surface area contributed by atoms with Gasteiger partial charge in [-0.1, -0.05) is 18.2 Å². The van der Waals surface area contributed by atoms with Gasteiger partial charge in [-0.2, -0.15) is 13.1 Å². The number of hydrogen-bond acceptors (Lipinski definition) is 4. The standard InChI is InChI=1S/C10H14N2O4S/c1-8(7-13)11-17(15,16)12-10(14)9-5-3-2-4-6-9/h2-6,8,11,13H,7H2,1H3,(H,12,14). The molecule has 3 N–H and O–H groups in total. The van der Waals surface area contributed by atoms with Crippen LogP contribution in [-0.4, -0.2) is 32.1 Å². The van der Waals surface area contributed by atoms with Gasteiger partial charge in [0.05, 0.1) is 6.61 Å². The Morgan fingerprint density at radius 2 is 1.94 bits per heavy atom. The summed E-state index contributed by atoms with van der Waals surface area (Å²) in [6.45, 7) is 1.13. The Morgan fingerprint density at radius 3 is 2.47 bits per heavy atom. The van der Waals surface area contributed by atoms with E-state index < -0.39 is 22.2 Å². The molecule has 1 aromatic carbocycles. The van der Waals surface area contributed by atoms with Gasteiger partial charge >= 0.3 is 10.2 Å². The molecule has 0 saturated carbocycles. The molecular weight excluding hydrogens is 244 g/mol. The number of carbonyl (C=O) groups excluding carboxylic acids is 1. The zero-order chi connectivity index (χ0) is 12.9. The lowest BCUT2D eigenvalue weighted by molar-refractivity contribution is 0.0980. The fourth-order valence-electron chi connectivity index (χ4n) is 1.10. The molecule has 6 nitrogen and oxygen atoms in total. The highest BCUT2D eigenvalue weighted by Crippen LogP contribution is 1.98. The summed E-state index contributed by atoms with van der Waals surface area (Å²) in [6.07, 6.45) is 0. The summed E-state index contributed by atoms with van der Waals surface area (Å²) in [5, 5.41) is 8.71. The second kappa shape index (κ2) is 5.76. The molecule has 0 bridgehead atoms. The molecule has 0 aliphatic heterocycles. The first-order chi connectivity index (χ1) is 7.94. The lowest BCUT2D eigenvalue weighted by Crippen LogP contribution is -2.45. The fraction of sp³-hybridized carbons (Fsp3) is 0.300. The summed E-state index contributed by atoms with van der Waals surface area (Å²) < 4.78 is 26.8. The molecule has 7 heteroatoms. The van der Waals surface area contributed by atoms with E-state index in [-0.39, 0.29) is 12.2 Å². The van der Waals surface area contributed by atoms with Gasteiger partial charge in [-0.15, -0.1) is 0 Å². The lowest BCUT2D eigenvalue weighted by atomic mass is 10.2. The molecular formula is C10H14N2O4S. The number of benzene rings is 1. The van der Waals surface area contributed by atoms with Crippen LogP contribution in [0.2, 0.25) is 0 Å². The zero-order valence-electron chi connectivity index (χ0n) is 9.25. The van der Waals surface area contributed by atoms with Gasteiger partial charge in [-0.3, -0.25) is 4.79 Å². The number of amides is 1. The molecule has 1 amide bonds. The molecule has 0 aliphatic rings. The molecule has 0 saturated heterocycles. The van der Waals surface area contributed by atoms with Crippen LogP contribution in [0, 0.1) is 0 Å². The first-order valence-corrected chi connectivity index (χ1v) is 6.43. The summed E-state index contributed by atoms with van der Waals surface area (Å²) in [7, 11) is -3.95. The largest absolute Gasteiger partial charge is 0.395 e. The second-order valence-corrected chi connectivity index (χ2v) is 4.95. The molecule has 1 aromatic rings. The van der Waals surface area contributed by atoms with Crippen LogP contribution < -0.4 is 9.44 Å². The summed E-state index contributed by atoms with van der Waals surface area (Å²) in [4.78, 5) is 11.5. The maximum atomic E-state index is 11.5. The summed E-state index contributed by atoms with van der Waals surface area (Å²) in [5.74, 6) is -0.719. The third-order valence-corrected chi connectivity index (χ3v) is 3.06. The number of carbonyl (C=O) groups is 1. The third kappa shape index (κ3) is 4.51. The van der Waals surface area contributed by atoms with Crippen molar-refractivity contribution < 1.29 is 18.3 Å². The van der Waals surface area contributed by atoms with Gasteiger partial charge in [0, 0.05) is 11.6 Å². The van der Waals surface area contributed by atoms with Crippen molar-refractivity contribution in [2.24, 2.45) is 0 Å². The Labute approximate surface area is 99.8 Å². The maximum Gasteiger partial charge on any atom is 0.301 e. The van der Waals surface area contributed by atoms with Crippen molar-refractivity contribution in [1.29, 1.82) is 0 Å². The van der Waals surface area contributed by atoms with E-state index >= 15 is 0 Å². The molecule has 0 spiro atoms. The highest BCUT2D eigenvalue weighted by molar-refractivity contribution is 7.88. The second-order valence-electron chi connectivity index (χ2n) is 3.50. The van der Waals surface area contributed by atoms with Gasteiger partial charge < -0.3 is 5.11 Å². The normalized spacial score (nSPS) is 13.1. The van der Waals surface area contributed by atoms with Gasteiger partial charge in [-0.05, 0) is 19.1 Å². The van der Waals surface area contributed by atoms with E-state index in [4.69, 9.17) is 5.11 Å². The van der Waals surface area contributed by atoms with Gasteiger partial charge in [0.2, 0.25) is 0 Å². The number of rotatable bonds is 5. The molecule has 0 aliphatic carbocycles. The average molecular weight is 258 g/mol. The van der Waals surface area contributed by atoms with Crippen molar-refractivity contribution in [3.63, 3.8) is 0 Å². The van der Waals surface area contributed by atoms with Crippen molar-refractivity contribution in [1.82, 2.24) is 9.44 Å². The minimum absolute atomic E-state index is 0.245. The van der Waals surface area contributed by atoms with Gasteiger partial charge in [-0.25, -0.2) is 4.72 Å². The van der Waals surface area contributed by atoms with Crippen LogP contribution in [0.5, 0.6) is 0 Å². The lowest BCUT2D eigenvalue weighted by Gasteiger charge is -2.12. The van der Waals surface area contributed by atoms with Gasteiger partial charge in [0.1, 0.15) is 0 Å². The topological polar surface area (TPSA) is 95.5 Å². The van der Waals surface area contributed by atoms with E-state index in [0.29, 0.717) is 0 Å². The maximum absolute atomic E-state index is 11.5. The van der Waals surface area contributed by atoms with Crippen LogP contribution in [0.1, 0.15) is 17.3 Å². The molecule has 17 heavy (non-hydrogen) atoms. The monoisotopic (exact) mass is 258 g/mol. The average Bonchev–Trinajstić information content (AvgIpc) is 2.28. The van der Waals surface area contributed by atoms with E-state index in [1.807, 2.05) is 4.72 Å². The summed E-state index contributed by atoms with van der Waals surface area (Å²) in [5.41, 5.74) is 0.245. The molecule has 0 fully saturated rings. The first kappa shape index (κ1) is 13.6. The minimum Gasteiger partial charge on any atom is -0.395 e. The van der Waals surface area contributed by atoms with Gasteiger partial charge in [0.15, 0.2) is 0 Å². The van der Waals surface area contributed by atoms with E-state index in [1.165, 1.54) is 19.1 Å². The third-order valence-electron chi connectivity index (χ3n) is 1.89. The van der Waals surface area contributed by atoms with Crippen molar-refractivity contribution in [3.05, 3.63) is 35.9 Å². The van der Waals surface area contributed by atoms with Crippen molar-refractivity contribution in [3.8, 4) is 0 Å². The molecule has 1 unspecified atom stereocenters. The summed E-state index contributed by atoms with van der Waals surface area (Å²) >= 11 is 0. The molecule has 0 heterocycles. The number of aliphatic hydroxyl groups excluding tert-OH is 1. The highest BCUT2D eigenvalue weighted by atomic mass is 32.2. The quantitative estimate of drug-likeness (QED) is 0.671. The van der Waals surface area contributed by atoms with Crippen molar-refractivity contribution >= 4 is 16.1 Å². The van der Waals surface area contributed by atoms with E-state index in [1.54, 1.807) is 18.2 Å². The van der Waals surface area contributed by atoms with Crippen LogP contribution in [0.3, 0.4) is 0 Å². The van der Waals surface area contributed by atoms with E-state index in [2.05, 4.69) is 4.72 Å². The Bertz CT molecular complexity index is 472. The SMILES string of the molecule is CC(CO)NS(=O)(=O)NC(=O)c1ccccc1. The Morgan fingerprint density at radius 1 is 1.35 bits per heavy atom. The fourth-order valence-corrected chi connectivity index (χ4v) is 2.13. The molecule has 1 rings (SSSR count). The molecule has 1 atom stereocenters. The predicted molar refractivity (Wildman–Crippen MR) is 62.5 cm³/mol. The van der Waals surface area contributed by atoms with Crippen LogP contribution in [0.4, 0.5) is 0 Å². The Hall–Kier alpha value is -1.44. The van der Waals surface area contributed by atoms with Crippen molar-refractivity contribution in [2.45, 2.75) is 13.0 Å². The number of aliphatic hydroxyl groups is 1. The van der Waals surface area contributed by atoms with Crippen LogP contribution in [0.25, 0.3) is 0 Å². The van der Waals surface area contributed by atoms with Crippen LogP contribution in [-0.2, 0) is 10.2 Å². The molecule has 0 aromatic heterocycles. The van der Waals surface area contributed by atoms with Gasteiger partial charge in [0.25, 0.3) is 5.91 Å². The predicted octanol–water partition coefficient (Wildman–Crippen LogP) is -0.368. The molecule has 94 valence electrons. The van der Waals surface area contributed by atoms with E-state index in [9.17, 15) is 13.2 Å². The van der Waals surface area contributed by atoms with Crippen molar-refractivity contribution in [2.75, 3.05) is 6.61 Å². The smallest absolute Gasteiger partial charge is 0.301 e. The van der Waals surface area contributed by atoms with E-state index in [0.717, 1.165) is 0 Å². The number of nitrogens with one attached hydrogen (secondary N) is 2. The first-order valence-electron chi connectivity index (χ1n) is 4.95. The Balaban J connectivity index is 2.69. The van der Waals surface area contributed by atoms with Crippen LogP contribution >= 0.6 is 0 Å². The zero-order valence-corrected chi connectivity index (χ0v) is 10.1. The molecule has 0 radical (unpaired) electrons. The van der Waals surface area contributed by atoms with Crippen LogP contribution in [0.15, 0.2) is 30.3 Å². The summed E-state index contributed by atoms with van der Waals surface area (Å²) in [6, 6.07) is 7.32. The Kier molecular flexibility index (Phi) is 4.62. The highest BCUT2D eigenvalue weighted by Gasteiger charge is 2.17. The number of hydrogen-bond donors (Lipinski definition) is 3. The minimum atomic E-state index is -3.95.